The number of anilines is 1. The highest BCUT2D eigenvalue weighted by Crippen LogP contribution is 2.10. The second kappa shape index (κ2) is 5.53. The van der Waals surface area contributed by atoms with Gasteiger partial charge >= 0.3 is 6.09 Å². The minimum absolute atomic E-state index is 0. The number of nitrogens with one attached hydrogen (secondary N) is 1. The molecule has 0 saturated heterocycles. The molecule has 0 fully saturated rings. The number of rotatable bonds is 4. The molecule has 0 saturated carbocycles. The molecule has 92 valence electrons. The van der Waals surface area contributed by atoms with Crippen molar-refractivity contribution in [3.05, 3.63) is 12.4 Å². The molecule has 1 aromatic rings. The molecule has 0 aliphatic carbocycles. The molecule has 1 heterocycles. The predicted molar refractivity (Wildman–Crippen MR) is 64.3 cm³/mol. The SMILES string of the molecule is CC(C)C(C)COC(=O)Nc1cnn(C)c1.[HH]. The fourth-order valence-corrected chi connectivity index (χ4v) is 1.04. The van der Waals surface area contributed by atoms with Gasteiger partial charge in [0.15, 0.2) is 0 Å². The van der Waals surface area contributed by atoms with Crippen LogP contribution in [0, 0.1) is 11.8 Å². The van der Waals surface area contributed by atoms with Crippen molar-refractivity contribution in [1.29, 1.82) is 0 Å². The fraction of sp³-hybridized carbons (Fsp3) is 0.636. The summed E-state index contributed by atoms with van der Waals surface area (Å²) in [6.45, 7) is 6.70. The molecule has 1 N–H and O–H groups in total. The Hall–Kier alpha value is -1.52. The van der Waals surface area contributed by atoms with Gasteiger partial charge in [-0.05, 0) is 11.8 Å². The number of nitrogens with zero attached hydrogens (tertiary/aromatic N) is 2. The maximum atomic E-state index is 11.4. The molecule has 1 amide bonds. The quantitative estimate of drug-likeness (QED) is 0.859. The molecular weight excluding hydrogens is 206 g/mol. The Kier molecular flexibility index (Phi) is 4.34. The summed E-state index contributed by atoms with van der Waals surface area (Å²) in [5.41, 5.74) is 0.643. The summed E-state index contributed by atoms with van der Waals surface area (Å²) < 4.78 is 6.71. The first-order chi connectivity index (χ1) is 7.49. The molecule has 0 radical (unpaired) electrons. The Morgan fingerprint density at radius 3 is 2.81 bits per heavy atom. The number of aromatic nitrogens is 2. The van der Waals surface area contributed by atoms with E-state index in [4.69, 9.17) is 4.74 Å². The van der Waals surface area contributed by atoms with E-state index in [1.165, 1.54) is 0 Å². The predicted octanol–water partition coefficient (Wildman–Crippen LogP) is 2.51. The highest BCUT2D eigenvalue weighted by molar-refractivity contribution is 5.84. The van der Waals surface area contributed by atoms with Crippen LogP contribution < -0.4 is 5.32 Å². The lowest BCUT2D eigenvalue weighted by Crippen LogP contribution is -2.19. The Labute approximate surface area is 97.3 Å². The molecule has 0 aliphatic rings. The topological polar surface area (TPSA) is 56.1 Å². The van der Waals surface area contributed by atoms with Crippen LogP contribution in [0.4, 0.5) is 10.5 Å². The largest absolute Gasteiger partial charge is 0.449 e. The highest BCUT2D eigenvalue weighted by Gasteiger charge is 2.11. The van der Waals surface area contributed by atoms with Crippen molar-refractivity contribution in [1.82, 2.24) is 9.78 Å². The van der Waals surface area contributed by atoms with E-state index in [2.05, 4.69) is 31.2 Å². The monoisotopic (exact) mass is 227 g/mol. The van der Waals surface area contributed by atoms with Crippen LogP contribution in [-0.2, 0) is 11.8 Å². The lowest BCUT2D eigenvalue weighted by Gasteiger charge is -2.15. The molecule has 1 aromatic heterocycles. The van der Waals surface area contributed by atoms with E-state index in [1.54, 1.807) is 24.1 Å². The Morgan fingerprint density at radius 1 is 1.62 bits per heavy atom. The van der Waals surface area contributed by atoms with Crippen molar-refractivity contribution >= 4 is 11.8 Å². The molecule has 0 aromatic carbocycles. The van der Waals surface area contributed by atoms with Crippen LogP contribution in [0.5, 0.6) is 0 Å². The zero-order chi connectivity index (χ0) is 12.1. The van der Waals surface area contributed by atoms with E-state index < -0.39 is 6.09 Å². The summed E-state index contributed by atoms with van der Waals surface area (Å²) >= 11 is 0. The average Bonchev–Trinajstić information content (AvgIpc) is 2.60. The molecular formula is C11H21N3O2. The summed E-state index contributed by atoms with van der Waals surface area (Å²) in [6, 6.07) is 0. The van der Waals surface area contributed by atoms with Crippen molar-refractivity contribution in [2.45, 2.75) is 20.8 Å². The van der Waals surface area contributed by atoms with Gasteiger partial charge in [0.1, 0.15) is 0 Å². The molecule has 0 spiro atoms. The number of amides is 1. The summed E-state index contributed by atoms with van der Waals surface area (Å²) in [7, 11) is 1.79. The normalized spacial score (nSPS) is 12.6. The van der Waals surface area contributed by atoms with Gasteiger partial charge in [0, 0.05) is 14.7 Å². The van der Waals surface area contributed by atoms with Crippen LogP contribution >= 0.6 is 0 Å². The first-order valence-electron chi connectivity index (χ1n) is 5.41. The zero-order valence-electron chi connectivity index (χ0n) is 10.2. The number of carbonyl (C=O) groups is 1. The van der Waals surface area contributed by atoms with Gasteiger partial charge in [-0.3, -0.25) is 10.00 Å². The van der Waals surface area contributed by atoms with Gasteiger partial charge in [0.25, 0.3) is 0 Å². The Morgan fingerprint density at radius 2 is 2.31 bits per heavy atom. The van der Waals surface area contributed by atoms with Crippen LogP contribution in [0.1, 0.15) is 22.2 Å². The van der Waals surface area contributed by atoms with Gasteiger partial charge < -0.3 is 4.74 Å². The molecule has 1 atom stereocenters. The van der Waals surface area contributed by atoms with Crippen LogP contribution in [0.25, 0.3) is 0 Å². The summed E-state index contributed by atoms with van der Waals surface area (Å²) in [6.07, 6.45) is 2.86. The van der Waals surface area contributed by atoms with Gasteiger partial charge in [-0.1, -0.05) is 20.8 Å². The van der Waals surface area contributed by atoms with E-state index in [9.17, 15) is 4.79 Å². The van der Waals surface area contributed by atoms with Crippen molar-refractivity contribution < 1.29 is 11.0 Å². The zero-order valence-corrected chi connectivity index (χ0v) is 10.2. The first-order valence-corrected chi connectivity index (χ1v) is 5.41. The van der Waals surface area contributed by atoms with Gasteiger partial charge in [0.2, 0.25) is 0 Å². The van der Waals surface area contributed by atoms with Gasteiger partial charge in [-0.2, -0.15) is 5.10 Å². The van der Waals surface area contributed by atoms with Crippen molar-refractivity contribution in [3.8, 4) is 0 Å². The number of hydrogen-bond acceptors (Lipinski definition) is 3. The maximum Gasteiger partial charge on any atom is 0.411 e. The summed E-state index contributed by atoms with van der Waals surface area (Å²) in [5, 5.41) is 6.55. The number of aryl methyl sites for hydroxylation is 1. The highest BCUT2D eigenvalue weighted by atomic mass is 16.5. The Bertz CT molecular complexity index is 352. The molecule has 1 unspecified atom stereocenters. The average molecular weight is 227 g/mol. The van der Waals surface area contributed by atoms with E-state index in [0.29, 0.717) is 24.1 Å². The lowest BCUT2D eigenvalue weighted by molar-refractivity contribution is 0.133. The molecule has 1 rings (SSSR count). The standard InChI is InChI=1S/C11H19N3O2.H2/c1-8(2)9(3)7-16-11(15)13-10-5-12-14(4)6-10;/h5-6,8-9H,7H2,1-4H3,(H,13,15);1H. The minimum Gasteiger partial charge on any atom is -0.449 e. The van der Waals surface area contributed by atoms with E-state index in [0.717, 1.165) is 0 Å². The van der Waals surface area contributed by atoms with Crippen molar-refractivity contribution in [2.24, 2.45) is 18.9 Å². The molecule has 0 bridgehead atoms. The Balaban J connectivity index is 0.00000256. The van der Waals surface area contributed by atoms with E-state index >= 15 is 0 Å². The smallest absolute Gasteiger partial charge is 0.411 e. The number of carbonyl (C=O) groups excluding carboxylic acids is 1. The second-order valence-corrected chi connectivity index (χ2v) is 4.35. The third-order valence-electron chi connectivity index (χ3n) is 2.57. The molecule has 5 nitrogen and oxygen atoms in total. The van der Waals surface area contributed by atoms with Gasteiger partial charge in [-0.25, -0.2) is 4.79 Å². The number of hydrogen-bond donors (Lipinski definition) is 1. The third-order valence-corrected chi connectivity index (χ3v) is 2.57. The number of ether oxygens (including phenoxy) is 1. The van der Waals surface area contributed by atoms with Crippen LogP contribution in [0.2, 0.25) is 0 Å². The van der Waals surface area contributed by atoms with Crippen molar-refractivity contribution in [3.63, 3.8) is 0 Å². The maximum absolute atomic E-state index is 11.4. The lowest BCUT2D eigenvalue weighted by atomic mass is 10.00. The first kappa shape index (κ1) is 12.5. The molecule has 16 heavy (non-hydrogen) atoms. The summed E-state index contributed by atoms with van der Waals surface area (Å²) in [5.74, 6) is 0.867. The third kappa shape index (κ3) is 3.92. The van der Waals surface area contributed by atoms with Crippen molar-refractivity contribution in [2.75, 3.05) is 11.9 Å². The van der Waals surface area contributed by atoms with Gasteiger partial charge in [-0.15, -0.1) is 0 Å². The molecule has 5 heteroatoms. The van der Waals surface area contributed by atoms with E-state index in [-0.39, 0.29) is 1.43 Å². The van der Waals surface area contributed by atoms with Gasteiger partial charge in [0.05, 0.1) is 18.5 Å². The van der Waals surface area contributed by atoms with Crippen LogP contribution in [0.15, 0.2) is 12.4 Å². The second-order valence-electron chi connectivity index (χ2n) is 4.35. The molecule has 0 aliphatic heterocycles. The van der Waals surface area contributed by atoms with Crippen LogP contribution in [0.3, 0.4) is 0 Å². The fourth-order valence-electron chi connectivity index (χ4n) is 1.04. The van der Waals surface area contributed by atoms with Crippen LogP contribution in [-0.4, -0.2) is 22.5 Å². The minimum atomic E-state index is -0.430. The summed E-state index contributed by atoms with van der Waals surface area (Å²) in [4.78, 5) is 11.4. The van der Waals surface area contributed by atoms with E-state index in [1.807, 2.05) is 0 Å².